The molecule has 4 nitrogen and oxygen atoms in total. The molecular weight excluding hydrogens is 252 g/mol. The van der Waals surface area contributed by atoms with E-state index in [1.54, 1.807) is 0 Å². The summed E-state index contributed by atoms with van der Waals surface area (Å²) in [5.74, 6) is 0.916. The number of hydrogen-bond acceptors (Lipinski definition) is 4. The van der Waals surface area contributed by atoms with Gasteiger partial charge in [-0.3, -0.25) is 4.90 Å². The van der Waals surface area contributed by atoms with Crippen molar-refractivity contribution in [1.29, 1.82) is 0 Å². The first-order valence-corrected chi connectivity index (χ1v) is 7.42. The lowest BCUT2D eigenvalue weighted by Crippen LogP contribution is -2.34. The second-order valence-electron chi connectivity index (χ2n) is 5.59. The molecule has 2 atom stereocenters. The Balaban J connectivity index is 1.79. The van der Waals surface area contributed by atoms with Gasteiger partial charge in [-0.15, -0.1) is 0 Å². The van der Waals surface area contributed by atoms with Gasteiger partial charge in [-0.25, -0.2) is 0 Å². The summed E-state index contributed by atoms with van der Waals surface area (Å²) in [5.41, 5.74) is 6.95. The van der Waals surface area contributed by atoms with Crippen molar-refractivity contribution in [3.05, 3.63) is 29.8 Å². The number of hydrogen-bond donors (Lipinski definition) is 1. The van der Waals surface area contributed by atoms with Crippen LogP contribution in [0.3, 0.4) is 0 Å². The summed E-state index contributed by atoms with van der Waals surface area (Å²) < 4.78 is 11.3. The fraction of sp³-hybridized carbons (Fsp3) is 0.625. The number of nitrogens with zero attached hydrogens (tertiary/aromatic N) is 1. The lowest BCUT2D eigenvalue weighted by atomic mass is 10.2. The second-order valence-corrected chi connectivity index (χ2v) is 5.59. The number of benzene rings is 1. The third kappa shape index (κ3) is 4.47. The zero-order valence-electron chi connectivity index (χ0n) is 12.5. The highest BCUT2D eigenvalue weighted by molar-refractivity contribution is 5.27. The topological polar surface area (TPSA) is 47.7 Å². The third-order valence-electron chi connectivity index (χ3n) is 3.91. The van der Waals surface area contributed by atoms with Gasteiger partial charge in [0.15, 0.2) is 0 Å². The standard InChI is InChI=1S/C16H26N2O2/c1-13(10-17)18(2)11-14-5-7-15(8-6-14)20-12-16-4-3-9-19-16/h5-8,13,16H,3-4,9-12,17H2,1-2H3. The second kappa shape index (κ2) is 7.62. The molecule has 1 aliphatic rings. The van der Waals surface area contributed by atoms with Crippen LogP contribution in [0, 0.1) is 0 Å². The Morgan fingerprint density at radius 1 is 1.40 bits per heavy atom. The highest BCUT2D eigenvalue weighted by atomic mass is 16.5. The predicted octanol–water partition coefficient (Wildman–Crippen LogP) is 2.02. The molecule has 1 heterocycles. The molecule has 112 valence electrons. The average Bonchev–Trinajstić information content (AvgIpc) is 2.99. The maximum Gasteiger partial charge on any atom is 0.119 e. The van der Waals surface area contributed by atoms with Crippen molar-refractivity contribution in [3.63, 3.8) is 0 Å². The highest BCUT2D eigenvalue weighted by Gasteiger charge is 2.15. The van der Waals surface area contributed by atoms with Crippen LogP contribution < -0.4 is 10.5 Å². The lowest BCUT2D eigenvalue weighted by molar-refractivity contribution is 0.0679. The van der Waals surface area contributed by atoms with Gasteiger partial charge in [-0.05, 0) is 44.5 Å². The zero-order chi connectivity index (χ0) is 14.4. The van der Waals surface area contributed by atoms with E-state index in [1.165, 1.54) is 5.56 Å². The van der Waals surface area contributed by atoms with Gasteiger partial charge in [0.2, 0.25) is 0 Å². The molecule has 4 heteroatoms. The van der Waals surface area contributed by atoms with E-state index < -0.39 is 0 Å². The van der Waals surface area contributed by atoms with Crippen LogP contribution in [0.1, 0.15) is 25.3 Å². The minimum absolute atomic E-state index is 0.270. The molecule has 1 fully saturated rings. The van der Waals surface area contributed by atoms with Crippen molar-refractivity contribution in [2.45, 2.75) is 38.5 Å². The summed E-state index contributed by atoms with van der Waals surface area (Å²) >= 11 is 0. The van der Waals surface area contributed by atoms with E-state index in [9.17, 15) is 0 Å². The minimum Gasteiger partial charge on any atom is -0.491 e. The van der Waals surface area contributed by atoms with Crippen molar-refractivity contribution in [3.8, 4) is 5.75 Å². The molecule has 0 aliphatic carbocycles. The Morgan fingerprint density at radius 3 is 2.75 bits per heavy atom. The van der Waals surface area contributed by atoms with E-state index in [0.29, 0.717) is 19.2 Å². The first kappa shape index (κ1) is 15.3. The third-order valence-corrected chi connectivity index (χ3v) is 3.91. The molecule has 2 rings (SSSR count). The van der Waals surface area contributed by atoms with Crippen molar-refractivity contribution in [2.24, 2.45) is 5.73 Å². The van der Waals surface area contributed by atoms with E-state index in [4.69, 9.17) is 15.2 Å². The molecule has 2 N–H and O–H groups in total. The average molecular weight is 278 g/mol. The van der Waals surface area contributed by atoms with Gasteiger partial charge in [-0.2, -0.15) is 0 Å². The highest BCUT2D eigenvalue weighted by Crippen LogP contribution is 2.17. The van der Waals surface area contributed by atoms with Gasteiger partial charge in [-0.1, -0.05) is 12.1 Å². The maximum atomic E-state index is 5.76. The lowest BCUT2D eigenvalue weighted by Gasteiger charge is -2.23. The molecule has 0 radical (unpaired) electrons. The van der Waals surface area contributed by atoms with Crippen molar-refractivity contribution >= 4 is 0 Å². The molecule has 1 aromatic rings. The first-order chi connectivity index (χ1) is 9.69. The fourth-order valence-electron chi connectivity index (χ4n) is 2.28. The molecule has 0 aromatic heterocycles. The molecule has 0 bridgehead atoms. The molecule has 1 saturated heterocycles. The van der Waals surface area contributed by atoms with Crippen LogP contribution in [0.25, 0.3) is 0 Å². The van der Waals surface area contributed by atoms with Gasteiger partial charge in [0, 0.05) is 25.7 Å². The van der Waals surface area contributed by atoms with Gasteiger partial charge in [0.05, 0.1) is 6.10 Å². The van der Waals surface area contributed by atoms with Crippen LogP contribution in [0.4, 0.5) is 0 Å². The summed E-state index contributed by atoms with van der Waals surface area (Å²) in [6.07, 6.45) is 2.53. The van der Waals surface area contributed by atoms with Crippen molar-refractivity contribution in [1.82, 2.24) is 4.90 Å². The van der Waals surface area contributed by atoms with E-state index in [2.05, 4.69) is 31.0 Å². The summed E-state index contributed by atoms with van der Waals surface area (Å²) in [6.45, 7) is 5.25. The Kier molecular flexibility index (Phi) is 5.83. The Labute approximate surface area is 121 Å². The van der Waals surface area contributed by atoms with Crippen molar-refractivity contribution < 1.29 is 9.47 Å². The molecule has 0 spiro atoms. The summed E-state index contributed by atoms with van der Waals surface area (Å²) in [6, 6.07) is 8.69. The molecule has 1 aromatic carbocycles. The fourth-order valence-corrected chi connectivity index (χ4v) is 2.28. The molecule has 1 aliphatic heterocycles. The van der Waals surface area contributed by atoms with E-state index in [0.717, 1.165) is 31.7 Å². The SMILES string of the molecule is CC(CN)N(C)Cc1ccc(OCC2CCCO2)cc1. The van der Waals surface area contributed by atoms with Crippen molar-refractivity contribution in [2.75, 3.05) is 26.8 Å². The molecular formula is C16H26N2O2. The van der Waals surface area contributed by atoms with Crippen LogP contribution >= 0.6 is 0 Å². The largest absolute Gasteiger partial charge is 0.491 e. The van der Waals surface area contributed by atoms with Crippen LogP contribution in [0.15, 0.2) is 24.3 Å². The molecule has 0 amide bonds. The molecule has 0 saturated carbocycles. The van der Waals surface area contributed by atoms with E-state index >= 15 is 0 Å². The quantitative estimate of drug-likeness (QED) is 0.829. The van der Waals surface area contributed by atoms with Crippen LogP contribution in [0.5, 0.6) is 5.75 Å². The van der Waals surface area contributed by atoms with Gasteiger partial charge in [0.1, 0.15) is 12.4 Å². The molecule has 20 heavy (non-hydrogen) atoms. The Morgan fingerprint density at radius 2 is 2.15 bits per heavy atom. The zero-order valence-corrected chi connectivity index (χ0v) is 12.5. The number of rotatable bonds is 7. The van der Waals surface area contributed by atoms with Gasteiger partial charge < -0.3 is 15.2 Å². The summed E-state index contributed by atoms with van der Waals surface area (Å²) in [4.78, 5) is 2.25. The molecule has 2 unspecified atom stereocenters. The normalized spacial score (nSPS) is 20.3. The minimum atomic E-state index is 0.270. The van der Waals surface area contributed by atoms with Gasteiger partial charge >= 0.3 is 0 Å². The van der Waals surface area contributed by atoms with Crippen LogP contribution in [-0.2, 0) is 11.3 Å². The van der Waals surface area contributed by atoms with Crippen LogP contribution in [0.2, 0.25) is 0 Å². The summed E-state index contributed by atoms with van der Waals surface area (Å²) in [5, 5.41) is 0. The number of nitrogens with two attached hydrogens (primary N) is 1. The van der Waals surface area contributed by atoms with E-state index in [-0.39, 0.29) is 6.10 Å². The van der Waals surface area contributed by atoms with Gasteiger partial charge in [0.25, 0.3) is 0 Å². The number of likely N-dealkylation sites (N-methyl/N-ethyl adjacent to an activating group) is 1. The maximum absolute atomic E-state index is 5.76. The Hall–Kier alpha value is -1.10. The van der Waals surface area contributed by atoms with Crippen LogP contribution in [-0.4, -0.2) is 43.9 Å². The predicted molar refractivity (Wildman–Crippen MR) is 80.9 cm³/mol. The first-order valence-electron chi connectivity index (χ1n) is 7.42. The van der Waals surface area contributed by atoms with E-state index in [1.807, 2.05) is 12.1 Å². The smallest absolute Gasteiger partial charge is 0.119 e. The Bertz CT molecular complexity index is 388. The number of ether oxygens (including phenoxy) is 2. The summed E-state index contributed by atoms with van der Waals surface area (Å²) in [7, 11) is 2.10. The monoisotopic (exact) mass is 278 g/mol.